The zero-order chi connectivity index (χ0) is 10.3. The van der Waals surface area contributed by atoms with Crippen LogP contribution in [0.1, 0.15) is 5.56 Å². The van der Waals surface area contributed by atoms with Crippen molar-refractivity contribution in [1.82, 2.24) is 0 Å². The molecule has 70 valence electrons. The van der Waals surface area contributed by atoms with Gasteiger partial charge in [-0.2, -0.15) is 0 Å². The highest BCUT2D eigenvalue weighted by Gasteiger charge is 1.86. The zero-order valence-electron chi connectivity index (χ0n) is 8.14. The number of aliphatic imine (C=N–C) groups is 1. The van der Waals surface area contributed by atoms with Crippen molar-refractivity contribution in [2.45, 2.75) is 0 Å². The van der Waals surface area contributed by atoms with Crippen LogP contribution in [0.4, 0.5) is 0 Å². The van der Waals surface area contributed by atoms with Crippen molar-refractivity contribution >= 4 is 5.87 Å². The summed E-state index contributed by atoms with van der Waals surface area (Å²) in [4.78, 5) is 3.87. The molecule has 15 heavy (non-hydrogen) atoms. The molecule has 1 aromatic rings. The van der Waals surface area contributed by atoms with Crippen molar-refractivity contribution in [3.63, 3.8) is 0 Å². The highest BCUT2D eigenvalue weighted by Crippen LogP contribution is 1.99. The van der Waals surface area contributed by atoms with Crippen LogP contribution in [0.2, 0.25) is 0 Å². The molecule has 0 aromatic heterocycles. The van der Waals surface area contributed by atoms with E-state index >= 15 is 0 Å². The molecule has 0 saturated carbocycles. The Balaban J connectivity index is 2.23. The van der Waals surface area contributed by atoms with Gasteiger partial charge in [-0.25, -0.2) is 4.99 Å². The van der Waals surface area contributed by atoms with Crippen LogP contribution in [0, 0.1) is 11.8 Å². The first-order valence-electron chi connectivity index (χ1n) is 4.68. The highest BCUT2D eigenvalue weighted by atomic mass is 14.6. The van der Waals surface area contributed by atoms with Crippen LogP contribution in [0.25, 0.3) is 0 Å². The van der Waals surface area contributed by atoms with Gasteiger partial charge in [0, 0.05) is 23.4 Å². The normalized spacial score (nSPS) is 12.7. The fourth-order valence-corrected chi connectivity index (χ4v) is 1.13. The lowest BCUT2D eigenvalue weighted by atomic mass is 10.2. The Hall–Kier alpha value is -2.29. The molecule has 1 aliphatic rings. The lowest BCUT2D eigenvalue weighted by Gasteiger charge is -1.87. The number of hydrogen-bond acceptors (Lipinski definition) is 1. The first kappa shape index (κ1) is 9.27. The van der Waals surface area contributed by atoms with Gasteiger partial charge in [-0.05, 0) is 30.2 Å². The number of allylic oxidation sites excluding steroid dienone is 4. The minimum atomic E-state index is 0.913. The van der Waals surface area contributed by atoms with Crippen LogP contribution in [0.5, 0.6) is 0 Å². The average molecular weight is 191 g/mol. The van der Waals surface area contributed by atoms with Gasteiger partial charge in [0.1, 0.15) is 0 Å². The molecule has 1 heterocycles. The van der Waals surface area contributed by atoms with Gasteiger partial charge < -0.3 is 0 Å². The van der Waals surface area contributed by atoms with E-state index in [1.807, 2.05) is 42.5 Å². The molecular formula is C14H9N. The molecule has 0 aliphatic carbocycles. The van der Waals surface area contributed by atoms with E-state index in [0.29, 0.717) is 0 Å². The van der Waals surface area contributed by atoms with Crippen LogP contribution >= 0.6 is 0 Å². The molecule has 0 N–H and O–H groups in total. The monoisotopic (exact) mass is 191 g/mol. The van der Waals surface area contributed by atoms with Crippen molar-refractivity contribution in [2.24, 2.45) is 4.99 Å². The maximum atomic E-state index is 3.87. The summed E-state index contributed by atoms with van der Waals surface area (Å²) >= 11 is 0. The Morgan fingerprint density at radius 1 is 1.07 bits per heavy atom. The lowest BCUT2D eigenvalue weighted by Crippen LogP contribution is -1.74. The third kappa shape index (κ3) is 2.84. The fourth-order valence-electron chi connectivity index (χ4n) is 1.13. The van der Waals surface area contributed by atoms with E-state index in [4.69, 9.17) is 0 Å². The van der Waals surface area contributed by atoms with Crippen molar-refractivity contribution < 1.29 is 0 Å². The summed E-state index contributed by atoms with van der Waals surface area (Å²) in [6, 6.07) is 9.90. The molecule has 2 rings (SSSR count). The number of benzene rings is 1. The maximum absolute atomic E-state index is 3.87. The lowest BCUT2D eigenvalue weighted by molar-refractivity contribution is 1.61. The van der Waals surface area contributed by atoms with Gasteiger partial charge >= 0.3 is 0 Å². The predicted molar refractivity (Wildman–Crippen MR) is 62.5 cm³/mol. The molecule has 1 nitrogen and oxygen atoms in total. The Morgan fingerprint density at radius 3 is 2.80 bits per heavy atom. The van der Waals surface area contributed by atoms with E-state index < -0.39 is 0 Å². The van der Waals surface area contributed by atoms with Crippen LogP contribution in [-0.4, -0.2) is 5.87 Å². The average Bonchev–Trinajstić information content (AvgIpc) is 2.56. The topological polar surface area (TPSA) is 12.4 Å². The summed E-state index contributed by atoms with van der Waals surface area (Å²) in [6.07, 6.45) is 7.23. The van der Waals surface area contributed by atoms with Crippen LogP contribution in [-0.2, 0) is 0 Å². The summed E-state index contributed by atoms with van der Waals surface area (Å²) in [6.45, 7) is 0. The van der Waals surface area contributed by atoms with Gasteiger partial charge in [0.2, 0.25) is 0 Å². The van der Waals surface area contributed by atoms with Gasteiger partial charge in [-0.1, -0.05) is 30.0 Å². The van der Waals surface area contributed by atoms with E-state index in [9.17, 15) is 0 Å². The second kappa shape index (κ2) is 4.81. The number of nitrogens with zero attached hydrogens (tertiary/aromatic N) is 1. The molecule has 0 amide bonds. The molecule has 0 saturated heterocycles. The molecule has 0 unspecified atom stereocenters. The van der Waals surface area contributed by atoms with Gasteiger partial charge in [0.05, 0.1) is 0 Å². The largest absolute Gasteiger partial charge is 0.214 e. The van der Waals surface area contributed by atoms with Crippen molar-refractivity contribution in [2.75, 3.05) is 0 Å². The van der Waals surface area contributed by atoms with Crippen molar-refractivity contribution in [3.8, 4) is 11.8 Å². The van der Waals surface area contributed by atoms with Gasteiger partial charge in [-0.15, -0.1) is 0 Å². The van der Waals surface area contributed by atoms with E-state index in [1.54, 1.807) is 12.3 Å². The molecule has 0 radical (unpaired) electrons. The van der Waals surface area contributed by atoms with E-state index in [-0.39, 0.29) is 0 Å². The van der Waals surface area contributed by atoms with Crippen LogP contribution < -0.4 is 0 Å². The SMILES string of the molecule is C1=CC(C#Cc2ccccc2)=CC=CN=1. The van der Waals surface area contributed by atoms with Crippen molar-refractivity contribution in [3.05, 3.63) is 65.9 Å². The molecule has 0 bridgehead atoms. The molecule has 0 atom stereocenters. The molecular weight excluding hydrogens is 182 g/mol. The zero-order valence-corrected chi connectivity index (χ0v) is 8.14. The van der Waals surface area contributed by atoms with Gasteiger partial charge in [0.25, 0.3) is 0 Å². The smallest absolute Gasteiger partial charge is 0.0368 e. The standard InChI is InChI=1S/C14H9N/c1-2-5-13(6-3-1)8-9-14-7-4-11-15-12-10-14/h1-7,10-11H. The summed E-state index contributed by atoms with van der Waals surface area (Å²) in [5, 5.41) is 0. The fraction of sp³-hybridized carbons (Fsp3) is 0. The maximum Gasteiger partial charge on any atom is 0.0368 e. The first-order chi connectivity index (χ1) is 7.45. The molecule has 0 spiro atoms. The van der Waals surface area contributed by atoms with Crippen LogP contribution in [0.15, 0.2) is 65.3 Å². The molecule has 1 aromatic carbocycles. The van der Waals surface area contributed by atoms with E-state index in [0.717, 1.165) is 11.1 Å². The third-order valence-electron chi connectivity index (χ3n) is 1.86. The summed E-state index contributed by atoms with van der Waals surface area (Å²) in [5.41, 5.74) is 1.92. The van der Waals surface area contributed by atoms with E-state index in [1.165, 1.54) is 0 Å². The Morgan fingerprint density at radius 2 is 1.93 bits per heavy atom. The Labute approximate surface area is 89.2 Å². The molecule has 1 aliphatic heterocycles. The Kier molecular flexibility index (Phi) is 2.97. The highest BCUT2D eigenvalue weighted by molar-refractivity contribution is 5.64. The minimum Gasteiger partial charge on any atom is -0.214 e. The van der Waals surface area contributed by atoms with E-state index in [2.05, 4.69) is 22.7 Å². The molecule has 0 fully saturated rings. The van der Waals surface area contributed by atoms with Gasteiger partial charge in [0.15, 0.2) is 0 Å². The second-order valence-electron chi connectivity index (χ2n) is 2.98. The minimum absolute atomic E-state index is 0.913. The first-order valence-corrected chi connectivity index (χ1v) is 4.68. The summed E-state index contributed by atoms with van der Waals surface area (Å²) in [5.74, 6) is 8.91. The summed E-state index contributed by atoms with van der Waals surface area (Å²) in [7, 11) is 0. The van der Waals surface area contributed by atoms with Crippen molar-refractivity contribution in [1.29, 1.82) is 0 Å². The van der Waals surface area contributed by atoms with Crippen LogP contribution in [0.3, 0.4) is 0 Å². The Bertz CT molecular complexity index is 515. The quantitative estimate of drug-likeness (QED) is 0.559. The molecule has 1 heteroatoms. The summed E-state index contributed by atoms with van der Waals surface area (Å²) < 4.78 is 0. The third-order valence-corrected chi connectivity index (χ3v) is 1.86. The van der Waals surface area contributed by atoms with Gasteiger partial charge in [-0.3, -0.25) is 0 Å². The second-order valence-corrected chi connectivity index (χ2v) is 2.98. The predicted octanol–water partition coefficient (Wildman–Crippen LogP) is 2.72. The number of hydrogen-bond donors (Lipinski definition) is 0. The number of rotatable bonds is 0.